The summed E-state index contributed by atoms with van der Waals surface area (Å²) in [4.78, 5) is 12.0. The van der Waals surface area contributed by atoms with Crippen LogP contribution in [-0.4, -0.2) is 22.8 Å². The summed E-state index contributed by atoms with van der Waals surface area (Å²) in [6.07, 6.45) is 0. The predicted molar refractivity (Wildman–Crippen MR) is 112 cm³/mol. The highest BCUT2D eigenvalue weighted by Crippen LogP contribution is 2.30. The second kappa shape index (κ2) is 7.90. The van der Waals surface area contributed by atoms with Crippen LogP contribution in [-0.2, 0) is 10.1 Å². The molecule has 1 aromatic heterocycles. The molecule has 0 atom stereocenters. The van der Waals surface area contributed by atoms with Gasteiger partial charge in [-0.1, -0.05) is 36.4 Å². The van der Waals surface area contributed by atoms with E-state index in [-0.39, 0.29) is 11.4 Å². The van der Waals surface area contributed by atoms with E-state index >= 15 is 0 Å². The fourth-order valence-electron chi connectivity index (χ4n) is 2.87. The minimum atomic E-state index is -4.61. The molecule has 8 nitrogen and oxygen atoms in total. The number of para-hydroxylation sites is 2. The van der Waals surface area contributed by atoms with Gasteiger partial charge in [0.15, 0.2) is 0 Å². The first kappa shape index (κ1) is 19.5. The molecule has 3 N–H and O–H groups in total. The molecule has 0 aliphatic carbocycles. The van der Waals surface area contributed by atoms with Crippen molar-refractivity contribution in [1.82, 2.24) is 9.78 Å². The Morgan fingerprint density at radius 1 is 0.900 bits per heavy atom. The average molecular weight is 423 g/mol. The fraction of sp³-hybridized carbons (Fsp3) is 0. The van der Waals surface area contributed by atoms with Crippen LogP contribution in [0.2, 0.25) is 0 Å². The number of aromatic amines is 1. The number of ether oxygens (including phenoxy) is 1. The highest BCUT2D eigenvalue weighted by atomic mass is 32.2. The van der Waals surface area contributed by atoms with Gasteiger partial charge in [-0.2, -0.15) is 8.42 Å². The molecule has 4 rings (SSSR count). The lowest BCUT2D eigenvalue weighted by molar-refractivity contribution is 0.449. The number of H-pyrrole nitrogens is 1. The quantitative estimate of drug-likeness (QED) is 0.405. The van der Waals surface area contributed by atoms with Crippen molar-refractivity contribution in [3.63, 3.8) is 0 Å². The normalized spacial score (nSPS) is 11.2. The minimum Gasteiger partial charge on any atom is -0.456 e. The van der Waals surface area contributed by atoms with Gasteiger partial charge in [-0.15, -0.1) is 0 Å². The second-order valence-corrected chi connectivity index (χ2v) is 7.75. The van der Waals surface area contributed by atoms with Gasteiger partial charge >= 0.3 is 0 Å². The van der Waals surface area contributed by atoms with Crippen molar-refractivity contribution in [2.24, 2.45) is 0 Å². The Kier molecular flexibility index (Phi) is 5.13. The molecule has 1 heterocycles. The maximum absolute atomic E-state index is 12.4. The molecule has 0 saturated carbocycles. The topological polar surface area (TPSA) is 113 Å². The molecule has 152 valence electrons. The molecule has 0 unspecified atom stereocenters. The Bertz CT molecular complexity index is 1330. The number of benzene rings is 3. The standard InChI is InChI=1S/C21H17N3O5S/c25-21-14-20(22-15-7-3-1-4-8-15)23-24(21)16-11-12-18(19(13-16)30(26,27)28)29-17-9-5-2-6-10-17/h1-14,22-23H,(H,26,27,28). The van der Waals surface area contributed by atoms with Gasteiger partial charge in [0.1, 0.15) is 22.2 Å². The monoisotopic (exact) mass is 423 g/mol. The first-order valence-electron chi connectivity index (χ1n) is 8.89. The van der Waals surface area contributed by atoms with E-state index in [1.54, 1.807) is 30.3 Å². The van der Waals surface area contributed by atoms with Crippen LogP contribution in [0.4, 0.5) is 11.5 Å². The fourth-order valence-corrected chi connectivity index (χ4v) is 3.50. The van der Waals surface area contributed by atoms with Gasteiger partial charge in [-0.3, -0.25) is 14.4 Å². The summed E-state index contributed by atoms with van der Waals surface area (Å²) in [6.45, 7) is 0. The van der Waals surface area contributed by atoms with Gasteiger partial charge in [0.2, 0.25) is 0 Å². The van der Waals surface area contributed by atoms with Gasteiger partial charge in [0.25, 0.3) is 15.7 Å². The van der Waals surface area contributed by atoms with Crippen LogP contribution in [0.3, 0.4) is 0 Å². The summed E-state index contributed by atoms with van der Waals surface area (Å²) in [7, 11) is -4.61. The maximum Gasteiger partial charge on any atom is 0.298 e. The van der Waals surface area contributed by atoms with E-state index in [9.17, 15) is 17.8 Å². The number of aromatic nitrogens is 2. The molecule has 0 radical (unpaired) electrons. The largest absolute Gasteiger partial charge is 0.456 e. The van der Waals surface area contributed by atoms with Crippen LogP contribution in [0.25, 0.3) is 5.69 Å². The Morgan fingerprint density at radius 3 is 2.23 bits per heavy atom. The third kappa shape index (κ3) is 4.27. The second-order valence-electron chi connectivity index (χ2n) is 6.36. The highest BCUT2D eigenvalue weighted by molar-refractivity contribution is 7.86. The summed E-state index contributed by atoms with van der Waals surface area (Å²) in [5.41, 5.74) is 0.580. The molecule has 3 aromatic carbocycles. The van der Waals surface area contributed by atoms with Gasteiger partial charge in [0, 0.05) is 11.8 Å². The van der Waals surface area contributed by atoms with Crippen LogP contribution in [0.5, 0.6) is 11.5 Å². The Hall–Kier alpha value is -3.82. The molecule has 0 fully saturated rings. The number of hydrogen-bond donors (Lipinski definition) is 3. The number of nitrogens with one attached hydrogen (secondary N) is 2. The lowest BCUT2D eigenvalue weighted by atomic mass is 10.3. The molecule has 30 heavy (non-hydrogen) atoms. The Balaban J connectivity index is 1.71. The van der Waals surface area contributed by atoms with Crippen molar-refractivity contribution in [2.45, 2.75) is 4.90 Å². The minimum absolute atomic E-state index is 0.0605. The smallest absolute Gasteiger partial charge is 0.298 e. The van der Waals surface area contributed by atoms with Crippen LogP contribution in [0, 0.1) is 0 Å². The van der Waals surface area contributed by atoms with E-state index < -0.39 is 20.6 Å². The third-order valence-electron chi connectivity index (χ3n) is 4.21. The lowest BCUT2D eigenvalue weighted by Crippen LogP contribution is -2.14. The van der Waals surface area contributed by atoms with Crippen LogP contribution in [0.1, 0.15) is 0 Å². The Morgan fingerprint density at radius 2 is 1.57 bits per heavy atom. The molecule has 0 bridgehead atoms. The summed E-state index contributed by atoms with van der Waals surface area (Å²) >= 11 is 0. The van der Waals surface area contributed by atoms with E-state index in [4.69, 9.17) is 4.74 Å². The summed E-state index contributed by atoms with van der Waals surface area (Å²) in [5, 5.41) is 5.92. The van der Waals surface area contributed by atoms with Crippen molar-refractivity contribution in [2.75, 3.05) is 5.32 Å². The van der Waals surface area contributed by atoms with Crippen molar-refractivity contribution >= 4 is 21.6 Å². The van der Waals surface area contributed by atoms with Crippen LogP contribution in [0.15, 0.2) is 94.6 Å². The van der Waals surface area contributed by atoms with Gasteiger partial charge in [-0.25, -0.2) is 4.68 Å². The van der Waals surface area contributed by atoms with Gasteiger partial charge in [0.05, 0.1) is 5.69 Å². The summed E-state index contributed by atoms with van der Waals surface area (Å²) in [6, 6.07) is 23.2. The van der Waals surface area contributed by atoms with Crippen molar-refractivity contribution < 1.29 is 17.7 Å². The summed E-state index contributed by atoms with van der Waals surface area (Å²) in [5.74, 6) is 0.764. The molecular weight excluding hydrogens is 406 g/mol. The number of nitrogens with zero attached hydrogens (tertiary/aromatic N) is 1. The van der Waals surface area contributed by atoms with E-state index in [0.29, 0.717) is 11.6 Å². The first-order chi connectivity index (χ1) is 14.4. The highest BCUT2D eigenvalue weighted by Gasteiger charge is 2.20. The van der Waals surface area contributed by atoms with E-state index in [2.05, 4.69) is 10.4 Å². The van der Waals surface area contributed by atoms with Gasteiger partial charge < -0.3 is 10.1 Å². The number of anilines is 2. The molecule has 0 saturated heterocycles. The summed E-state index contributed by atoms with van der Waals surface area (Å²) < 4.78 is 40.3. The molecular formula is C21H17N3O5S. The molecule has 9 heteroatoms. The van der Waals surface area contributed by atoms with Crippen molar-refractivity contribution in [3.05, 3.63) is 95.3 Å². The van der Waals surface area contributed by atoms with E-state index in [0.717, 1.165) is 16.4 Å². The molecule has 0 spiro atoms. The van der Waals surface area contributed by atoms with Crippen LogP contribution >= 0.6 is 0 Å². The molecule has 4 aromatic rings. The zero-order chi connectivity index (χ0) is 21.1. The van der Waals surface area contributed by atoms with E-state index in [1.807, 2.05) is 30.3 Å². The van der Waals surface area contributed by atoms with Crippen molar-refractivity contribution in [1.29, 1.82) is 0 Å². The SMILES string of the molecule is O=c1cc(Nc2ccccc2)[nH]n1-c1ccc(Oc2ccccc2)c(S(=O)(=O)O)c1. The van der Waals surface area contributed by atoms with Crippen LogP contribution < -0.4 is 15.6 Å². The zero-order valence-corrected chi connectivity index (χ0v) is 16.3. The predicted octanol–water partition coefficient (Wildman–Crippen LogP) is 3.95. The molecule has 0 aliphatic rings. The lowest BCUT2D eigenvalue weighted by Gasteiger charge is -2.11. The first-order valence-corrected chi connectivity index (χ1v) is 10.3. The third-order valence-corrected chi connectivity index (χ3v) is 5.08. The van der Waals surface area contributed by atoms with Gasteiger partial charge in [-0.05, 0) is 42.5 Å². The zero-order valence-electron chi connectivity index (χ0n) is 15.5. The number of rotatable bonds is 6. The maximum atomic E-state index is 12.4. The van der Waals surface area contributed by atoms with Crippen molar-refractivity contribution in [3.8, 4) is 17.2 Å². The number of hydrogen-bond acceptors (Lipinski definition) is 5. The molecule has 0 amide bonds. The van der Waals surface area contributed by atoms with E-state index in [1.165, 1.54) is 18.2 Å². The average Bonchev–Trinajstić information content (AvgIpc) is 3.09. The molecule has 0 aliphatic heterocycles. The Labute approximate surface area is 172 Å².